The van der Waals surface area contributed by atoms with E-state index in [1.165, 1.54) is 12.1 Å². The zero-order chi connectivity index (χ0) is 13.8. The smallest absolute Gasteiger partial charge is 0.146 e. The maximum absolute atomic E-state index is 13.7. The van der Waals surface area contributed by atoms with Gasteiger partial charge in [0.1, 0.15) is 11.6 Å². The molecule has 1 saturated heterocycles. The van der Waals surface area contributed by atoms with E-state index < -0.39 is 5.82 Å². The molecule has 0 aliphatic carbocycles. The highest BCUT2D eigenvalue weighted by molar-refractivity contribution is 5.48. The molecule has 0 atom stereocenters. The molecule has 0 saturated carbocycles. The zero-order valence-electron chi connectivity index (χ0n) is 11.3. The van der Waals surface area contributed by atoms with Gasteiger partial charge in [-0.2, -0.15) is 0 Å². The van der Waals surface area contributed by atoms with Gasteiger partial charge in [0.15, 0.2) is 0 Å². The molecule has 1 heterocycles. The standard InChI is InChI=1S/C14H21F2N3/c1-18(14-10-11(15)2-3-13(14)16)12-4-7-19(8-5-12)9-6-17/h2-3,10,12H,4-9,17H2,1H3. The maximum atomic E-state index is 13.7. The van der Waals surface area contributed by atoms with Crippen molar-refractivity contribution in [2.24, 2.45) is 5.73 Å². The average molecular weight is 269 g/mol. The van der Waals surface area contributed by atoms with Crippen LogP contribution in [0, 0.1) is 11.6 Å². The molecule has 106 valence electrons. The van der Waals surface area contributed by atoms with E-state index in [-0.39, 0.29) is 11.9 Å². The SMILES string of the molecule is CN(c1cc(F)ccc1F)C1CCN(CCN)CC1. The van der Waals surface area contributed by atoms with Crippen molar-refractivity contribution in [1.82, 2.24) is 4.90 Å². The number of benzene rings is 1. The monoisotopic (exact) mass is 269 g/mol. The number of likely N-dealkylation sites (tertiary alicyclic amines) is 1. The van der Waals surface area contributed by atoms with Crippen LogP contribution in [0.25, 0.3) is 0 Å². The van der Waals surface area contributed by atoms with E-state index >= 15 is 0 Å². The highest BCUT2D eigenvalue weighted by Crippen LogP contribution is 2.25. The van der Waals surface area contributed by atoms with E-state index in [0.717, 1.165) is 38.5 Å². The Balaban J connectivity index is 2.01. The highest BCUT2D eigenvalue weighted by Gasteiger charge is 2.23. The van der Waals surface area contributed by atoms with E-state index in [4.69, 9.17) is 5.73 Å². The van der Waals surface area contributed by atoms with Gasteiger partial charge in [-0.15, -0.1) is 0 Å². The molecule has 1 aromatic carbocycles. The molecule has 2 rings (SSSR count). The van der Waals surface area contributed by atoms with Crippen molar-refractivity contribution in [3.63, 3.8) is 0 Å². The van der Waals surface area contributed by atoms with Crippen LogP contribution in [0.5, 0.6) is 0 Å². The predicted octanol–water partition coefficient (Wildman–Crippen LogP) is 1.82. The van der Waals surface area contributed by atoms with Crippen LogP contribution in [0.1, 0.15) is 12.8 Å². The van der Waals surface area contributed by atoms with Crippen molar-refractivity contribution in [2.75, 3.05) is 38.1 Å². The largest absolute Gasteiger partial charge is 0.369 e. The molecule has 1 fully saturated rings. The molecule has 1 aromatic rings. The van der Waals surface area contributed by atoms with Gasteiger partial charge in [-0.3, -0.25) is 0 Å². The molecule has 3 nitrogen and oxygen atoms in total. The van der Waals surface area contributed by atoms with Gasteiger partial charge in [-0.25, -0.2) is 8.78 Å². The van der Waals surface area contributed by atoms with Crippen LogP contribution in [-0.4, -0.2) is 44.2 Å². The fourth-order valence-electron chi connectivity index (χ4n) is 2.67. The Kier molecular flexibility index (Phi) is 4.71. The lowest BCUT2D eigenvalue weighted by molar-refractivity contribution is 0.216. The third-order valence-electron chi connectivity index (χ3n) is 3.84. The van der Waals surface area contributed by atoms with Crippen LogP contribution < -0.4 is 10.6 Å². The first-order valence-corrected chi connectivity index (χ1v) is 6.72. The van der Waals surface area contributed by atoms with Crippen LogP contribution >= 0.6 is 0 Å². The van der Waals surface area contributed by atoms with Crippen molar-refractivity contribution in [3.8, 4) is 0 Å². The number of piperidine rings is 1. The number of nitrogens with two attached hydrogens (primary N) is 1. The summed E-state index contributed by atoms with van der Waals surface area (Å²) in [5.74, 6) is -0.767. The number of halogens is 2. The van der Waals surface area contributed by atoms with Crippen LogP contribution in [-0.2, 0) is 0 Å². The predicted molar refractivity (Wildman–Crippen MR) is 73.3 cm³/mol. The molecular weight excluding hydrogens is 248 g/mol. The second-order valence-electron chi connectivity index (χ2n) is 5.07. The summed E-state index contributed by atoms with van der Waals surface area (Å²) in [5, 5.41) is 0. The van der Waals surface area contributed by atoms with Gasteiger partial charge in [-0.1, -0.05) is 0 Å². The number of hydrogen-bond acceptors (Lipinski definition) is 3. The third kappa shape index (κ3) is 3.42. The van der Waals surface area contributed by atoms with Gasteiger partial charge < -0.3 is 15.5 Å². The molecule has 0 unspecified atom stereocenters. The molecule has 2 N–H and O–H groups in total. The van der Waals surface area contributed by atoms with Crippen molar-refractivity contribution < 1.29 is 8.78 Å². The second kappa shape index (κ2) is 6.30. The average Bonchev–Trinajstić information content (AvgIpc) is 2.42. The summed E-state index contributed by atoms with van der Waals surface area (Å²) in [6.07, 6.45) is 1.90. The van der Waals surface area contributed by atoms with Crippen LogP contribution in [0.3, 0.4) is 0 Å². The fourth-order valence-corrected chi connectivity index (χ4v) is 2.67. The van der Waals surface area contributed by atoms with Crippen LogP contribution in [0.15, 0.2) is 18.2 Å². The number of rotatable bonds is 4. The number of anilines is 1. The van der Waals surface area contributed by atoms with Crippen molar-refractivity contribution in [1.29, 1.82) is 0 Å². The van der Waals surface area contributed by atoms with Gasteiger partial charge in [-0.05, 0) is 25.0 Å². The first-order chi connectivity index (χ1) is 9.11. The van der Waals surface area contributed by atoms with Gasteiger partial charge in [0.2, 0.25) is 0 Å². The molecule has 1 aliphatic heterocycles. The normalized spacial score (nSPS) is 17.7. The zero-order valence-corrected chi connectivity index (χ0v) is 11.3. The minimum Gasteiger partial charge on any atom is -0.369 e. The summed E-state index contributed by atoms with van der Waals surface area (Å²) in [6, 6.07) is 3.85. The Morgan fingerprint density at radius 1 is 1.32 bits per heavy atom. The Labute approximate surface area is 113 Å². The van der Waals surface area contributed by atoms with Gasteiger partial charge >= 0.3 is 0 Å². The molecular formula is C14H21F2N3. The Morgan fingerprint density at radius 3 is 2.63 bits per heavy atom. The van der Waals surface area contributed by atoms with E-state index in [1.807, 2.05) is 11.9 Å². The van der Waals surface area contributed by atoms with Crippen molar-refractivity contribution in [3.05, 3.63) is 29.8 Å². The fraction of sp³-hybridized carbons (Fsp3) is 0.571. The Morgan fingerprint density at radius 2 is 2.00 bits per heavy atom. The minimum absolute atomic E-state index is 0.255. The van der Waals surface area contributed by atoms with Gasteiger partial charge in [0.05, 0.1) is 5.69 Å². The van der Waals surface area contributed by atoms with Crippen LogP contribution in [0.2, 0.25) is 0 Å². The molecule has 0 bridgehead atoms. The van der Waals surface area contributed by atoms with Gasteiger partial charge in [0, 0.05) is 45.3 Å². The lowest BCUT2D eigenvalue weighted by atomic mass is 10.0. The molecule has 0 amide bonds. The topological polar surface area (TPSA) is 32.5 Å². The summed E-state index contributed by atoms with van der Waals surface area (Å²) >= 11 is 0. The summed E-state index contributed by atoms with van der Waals surface area (Å²) in [7, 11) is 1.83. The number of nitrogens with zero attached hydrogens (tertiary/aromatic N) is 2. The quantitative estimate of drug-likeness (QED) is 0.905. The summed E-state index contributed by atoms with van der Waals surface area (Å²) in [4.78, 5) is 4.17. The minimum atomic E-state index is -0.399. The Hall–Kier alpha value is -1.20. The van der Waals surface area contributed by atoms with Crippen LogP contribution in [0.4, 0.5) is 14.5 Å². The van der Waals surface area contributed by atoms with E-state index in [1.54, 1.807) is 0 Å². The molecule has 0 spiro atoms. The highest BCUT2D eigenvalue weighted by atomic mass is 19.1. The van der Waals surface area contributed by atoms with E-state index in [0.29, 0.717) is 12.2 Å². The summed E-state index contributed by atoms with van der Waals surface area (Å²) in [6.45, 7) is 3.50. The molecule has 0 aromatic heterocycles. The second-order valence-corrected chi connectivity index (χ2v) is 5.07. The van der Waals surface area contributed by atoms with Gasteiger partial charge in [0.25, 0.3) is 0 Å². The number of hydrogen-bond donors (Lipinski definition) is 1. The molecule has 1 aliphatic rings. The molecule has 0 radical (unpaired) electrons. The Bertz CT molecular complexity index is 417. The molecule has 19 heavy (non-hydrogen) atoms. The first-order valence-electron chi connectivity index (χ1n) is 6.72. The molecule has 5 heteroatoms. The van der Waals surface area contributed by atoms with E-state index in [9.17, 15) is 8.78 Å². The van der Waals surface area contributed by atoms with Crippen molar-refractivity contribution in [2.45, 2.75) is 18.9 Å². The summed E-state index contributed by atoms with van der Waals surface area (Å²) in [5.41, 5.74) is 5.88. The summed E-state index contributed by atoms with van der Waals surface area (Å²) < 4.78 is 27.0. The third-order valence-corrected chi connectivity index (χ3v) is 3.84. The van der Waals surface area contributed by atoms with Crippen molar-refractivity contribution >= 4 is 5.69 Å². The lowest BCUT2D eigenvalue weighted by Crippen LogP contribution is -2.45. The van der Waals surface area contributed by atoms with E-state index in [2.05, 4.69) is 4.90 Å². The maximum Gasteiger partial charge on any atom is 0.146 e. The lowest BCUT2D eigenvalue weighted by Gasteiger charge is -2.37. The first kappa shape index (κ1) is 14.2.